The first-order valence-electron chi connectivity index (χ1n) is 7.36. The highest BCUT2D eigenvalue weighted by molar-refractivity contribution is 7.89. The molecular formula is C17H18N2O5S. The molecule has 0 spiro atoms. The molecule has 25 heavy (non-hydrogen) atoms. The predicted molar refractivity (Wildman–Crippen MR) is 92.8 cm³/mol. The lowest BCUT2D eigenvalue weighted by Crippen LogP contribution is -2.32. The van der Waals surface area contributed by atoms with E-state index < -0.39 is 28.4 Å². The molecular weight excluding hydrogens is 344 g/mol. The number of aryl methyl sites for hydroxylation is 1. The summed E-state index contributed by atoms with van der Waals surface area (Å²) in [6.07, 6.45) is 0. The van der Waals surface area contributed by atoms with Crippen molar-refractivity contribution in [3.05, 3.63) is 59.7 Å². The van der Waals surface area contributed by atoms with Crippen LogP contribution in [0.1, 0.15) is 15.9 Å². The van der Waals surface area contributed by atoms with E-state index in [-0.39, 0.29) is 10.5 Å². The van der Waals surface area contributed by atoms with E-state index in [1.165, 1.54) is 25.3 Å². The number of amides is 1. The van der Waals surface area contributed by atoms with Crippen LogP contribution >= 0.6 is 0 Å². The van der Waals surface area contributed by atoms with Gasteiger partial charge in [-0.1, -0.05) is 23.8 Å². The predicted octanol–water partition coefficient (Wildman–Crippen LogP) is 1.70. The van der Waals surface area contributed by atoms with Crippen molar-refractivity contribution >= 4 is 27.6 Å². The van der Waals surface area contributed by atoms with Crippen molar-refractivity contribution in [3.8, 4) is 0 Å². The van der Waals surface area contributed by atoms with Gasteiger partial charge >= 0.3 is 5.97 Å². The standard InChI is InChI=1S/C17H18N2O5S/c1-12-6-8-15(9-7-12)25(22,23)18-11-16(20)19-14-5-3-4-13(10-14)17(21)24-2/h3-10,18H,11H2,1-2H3,(H,19,20). The van der Waals surface area contributed by atoms with Gasteiger partial charge in [-0.3, -0.25) is 4.79 Å². The maximum Gasteiger partial charge on any atom is 0.337 e. The van der Waals surface area contributed by atoms with E-state index >= 15 is 0 Å². The summed E-state index contributed by atoms with van der Waals surface area (Å²) in [7, 11) is -2.52. The summed E-state index contributed by atoms with van der Waals surface area (Å²) in [5.41, 5.74) is 1.57. The van der Waals surface area contributed by atoms with Crippen LogP contribution in [-0.4, -0.2) is 33.9 Å². The minimum absolute atomic E-state index is 0.0820. The molecule has 2 N–H and O–H groups in total. The van der Waals surface area contributed by atoms with Gasteiger partial charge in [0.15, 0.2) is 0 Å². The molecule has 1 amide bonds. The van der Waals surface area contributed by atoms with Crippen LogP contribution in [0.15, 0.2) is 53.4 Å². The molecule has 0 fully saturated rings. The van der Waals surface area contributed by atoms with E-state index in [4.69, 9.17) is 0 Å². The molecule has 0 aliphatic heterocycles. The van der Waals surface area contributed by atoms with Gasteiger partial charge in [0.05, 0.1) is 24.1 Å². The summed E-state index contributed by atoms with van der Waals surface area (Å²) in [5.74, 6) is -1.09. The van der Waals surface area contributed by atoms with Crippen molar-refractivity contribution in [2.75, 3.05) is 19.0 Å². The zero-order chi connectivity index (χ0) is 18.4. The summed E-state index contributed by atoms with van der Waals surface area (Å²) in [5, 5.41) is 2.52. The van der Waals surface area contributed by atoms with Gasteiger partial charge in [-0.05, 0) is 37.3 Å². The summed E-state index contributed by atoms with van der Waals surface area (Å²) in [4.78, 5) is 23.5. The lowest BCUT2D eigenvalue weighted by atomic mass is 10.2. The normalized spacial score (nSPS) is 11.0. The fraction of sp³-hybridized carbons (Fsp3) is 0.176. The third-order valence-electron chi connectivity index (χ3n) is 3.32. The second-order valence-corrected chi connectivity index (χ2v) is 7.03. The van der Waals surface area contributed by atoms with Crippen LogP contribution < -0.4 is 10.0 Å². The Morgan fingerprint density at radius 2 is 1.76 bits per heavy atom. The van der Waals surface area contributed by atoms with Gasteiger partial charge < -0.3 is 10.1 Å². The number of carbonyl (C=O) groups excluding carboxylic acids is 2. The molecule has 0 aliphatic carbocycles. The molecule has 7 nitrogen and oxygen atoms in total. The summed E-state index contributed by atoms with van der Waals surface area (Å²) < 4.78 is 31.1. The monoisotopic (exact) mass is 362 g/mol. The average Bonchev–Trinajstić information content (AvgIpc) is 2.60. The third-order valence-corrected chi connectivity index (χ3v) is 4.74. The molecule has 8 heteroatoms. The van der Waals surface area contributed by atoms with Crippen molar-refractivity contribution < 1.29 is 22.7 Å². The first-order chi connectivity index (χ1) is 11.8. The average molecular weight is 362 g/mol. The number of esters is 1. The summed E-state index contributed by atoms with van der Waals surface area (Å²) in [6, 6.07) is 12.4. The van der Waals surface area contributed by atoms with Crippen molar-refractivity contribution in [1.29, 1.82) is 0 Å². The maximum absolute atomic E-state index is 12.1. The highest BCUT2D eigenvalue weighted by atomic mass is 32.2. The quantitative estimate of drug-likeness (QED) is 0.762. The van der Waals surface area contributed by atoms with Crippen LogP contribution in [0.4, 0.5) is 5.69 Å². The molecule has 0 aliphatic rings. The number of nitrogens with one attached hydrogen (secondary N) is 2. The Morgan fingerprint density at radius 3 is 2.40 bits per heavy atom. The second kappa shape index (κ2) is 7.91. The Morgan fingerprint density at radius 1 is 1.08 bits per heavy atom. The van der Waals surface area contributed by atoms with Gasteiger partial charge in [-0.25, -0.2) is 17.9 Å². The number of methoxy groups -OCH3 is 1. The minimum atomic E-state index is -3.77. The number of hydrogen-bond acceptors (Lipinski definition) is 5. The lowest BCUT2D eigenvalue weighted by molar-refractivity contribution is -0.115. The van der Waals surface area contributed by atoms with E-state index in [1.807, 2.05) is 6.92 Å². The van der Waals surface area contributed by atoms with Gasteiger partial charge in [-0.2, -0.15) is 0 Å². The molecule has 2 rings (SSSR count). The smallest absolute Gasteiger partial charge is 0.337 e. The van der Waals surface area contributed by atoms with Crippen molar-refractivity contribution in [2.24, 2.45) is 0 Å². The van der Waals surface area contributed by atoms with Crippen LogP contribution in [0.2, 0.25) is 0 Å². The molecule has 0 saturated carbocycles. The molecule has 0 radical (unpaired) electrons. The summed E-state index contributed by atoms with van der Waals surface area (Å²) in [6.45, 7) is 1.42. The number of sulfonamides is 1. The second-order valence-electron chi connectivity index (χ2n) is 5.26. The first-order valence-corrected chi connectivity index (χ1v) is 8.85. The Balaban J connectivity index is 1.99. The summed E-state index contributed by atoms with van der Waals surface area (Å²) >= 11 is 0. The van der Waals surface area contributed by atoms with Gasteiger partial charge in [-0.15, -0.1) is 0 Å². The molecule has 0 atom stereocenters. The van der Waals surface area contributed by atoms with E-state index in [1.54, 1.807) is 30.3 Å². The third kappa shape index (κ3) is 5.13. The van der Waals surface area contributed by atoms with Crippen LogP contribution in [0, 0.1) is 6.92 Å². The molecule has 0 saturated heterocycles. The van der Waals surface area contributed by atoms with Gasteiger partial charge in [0, 0.05) is 5.69 Å². The van der Waals surface area contributed by atoms with Crippen LogP contribution in [0.25, 0.3) is 0 Å². The Kier molecular flexibility index (Phi) is 5.89. The number of carbonyl (C=O) groups is 2. The Bertz CT molecular complexity index is 876. The number of anilines is 1. The highest BCUT2D eigenvalue weighted by Crippen LogP contribution is 2.12. The van der Waals surface area contributed by atoms with Gasteiger partial charge in [0.1, 0.15) is 0 Å². The van der Waals surface area contributed by atoms with Crippen molar-refractivity contribution in [3.63, 3.8) is 0 Å². The number of benzene rings is 2. The topological polar surface area (TPSA) is 102 Å². The number of rotatable bonds is 6. The van der Waals surface area contributed by atoms with Gasteiger partial charge in [0.2, 0.25) is 15.9 Å². The zero-order valence-electron chi connectivity index (χ0n) is 13.8. The van der Waals surface area contributed by atoms with Gasteiger partial charge in [0.25, 0.3) is 0 Å². The molecule has 0 aromatic heterocycles. The lowest BCUT2D eigenvalue weighted by Gasteiger charge is -2.09. The molecule has 2 aromatic carbocycles. The molecule has 0 heterocycles. The fourth-order valence-corrected chi connectivity index (χ4v) is 2.99. The number of ether oxygens (including phenoxy) is 1. The molecule has 0 bridgehead atoms. The van der Waals surface area contributed by atoms with E-state index in [0.29, 0.717) is 5.69 Å². The molecule has 0 unspecified atom stereocenters. The number of hydrogen-bond donors (Lipinski definition) is 2. The Labute approximate surface area is 146 Å². The fourth-order valence-electron chi connectivity index (χ4n) is 2.01. The largest absolute Gasteiger partial charge is 0.465 e. The van der Waals surface area contributed by atoms with E-state index in [2.05, 4.69) is 14.8 Å². The zero-order valence-corrected chi connectivity index (χ0v) is 14.6. The molecule has 132 valence electrons. The maximum atomic E-state index is 12.1. The van der Waals surface area contributed by atoms with Crippen LogP contribution in [0.3, 0.4) is 0 Å². The SMILES string of the molecule is COC(=O)c1cccc(NC(=O)CNS(=O)(=O)c2ccc(C)cc2)c1. The van der Waals surface area contributed by atoms with Crippen molar-refractivity contribution in [2.45, 2.75) is 11.8 Å². The van der Waals surface area contributed by atoms with E-state index in [9.17, 15) is 18.0 Å². The van der Waals surface area contributed by atoms with E-state index in [0.717, 1.165) is 5.56 Å². The Hall–Kier alpha value is -2.71. The van der Waals surface area contributed by atoms with Crippen molar-refractivity contribution in [1.82, 2.24) is 4.72 Å². The first kappa shape index (κ1) is 18.6. The molecule has 2 aromatic rings. The van der Waals surface area contributed by atoms with Crippen LogP contribution in [0.5, 0.6) is 0 Å². The van der Waals surface area contributed by atoms with Crippen LogP contribution in [-0.2, 0) is 19.6 Å². The highest BCUT2D eigenvalue weighted by Gasteiger charge is 2.15. The minimum Gasteiger partial charge on any atom is -0.465 e.